The Morgan fingerprint density at radius 2 is 2.11 bits per heavy atom. The third kappa shape index (κ3) is 3.45. The number of aromatic nitrogens is 1. The zero-order valence-corrected chi connectivity index (χ0v) is 12.5. The summed E-state index contributed by atoms with van der Waals surface area (Å²) < 4.78 is 26.0. The molecule has 7 heteroatoms. The average Bonchev–Trinajstić information content (AvgIpc) is 2.89. The van der Waals surface area contributed by atoms with Gasteiger partial charge in [0, 0.05) is 26.3 Å². The number of likely N-dealkylation sites (tertiary alicyclic amines) is 1. The summed E-state index contributed by atoms with van der Waals surface area (Å²) in [4.78, 5) is 6.16. The van der Waals surface area contributed by atoms with Gasteiger partial charge in [0.05, 0.1) is 0 Å². The van der Waals surface area contributed by atoms with E-state index in [-0.39, 0.29) is 10.0 Å². The van der Waals surface area contributed by atoms with Crippen LogP contribution in [0.15, 0.2) is 23.2 Å². The van der Waals surface area contributed by atoms with Crippen molar-refractivity contribution in [2.45, 2.75) is 17.7 Å². The first kappa shape index (κ1) is 14.7. The minimum atomic E-state index is -3.55. The fraction of sp³-hybridized carbons (Fsp3) is 0.583. The van der Waals surface area contributed by atoms with Crippen molar-refractivity contribution >= 4 is 21.6 Å². The van der Waals surface area contributed by atoms with Crippen molar-refractivity contribution in [3.8, 4) is 0 Å². The molecule has 19 heavy (non-hydrogen) atoms. The molecular formula is C12H18ClN3O2S. The van der Waals surface area contributed by atoms with Crippen molar-refractivity contribution in [2.24, 2.45) is 0 Å². The fourth-order valence-corrected chi connectivity index (χ4v) is 3.73. The van der Waals surface area contributed by atoms with Gasteiger partial charge in [-0.25, -0.2) is 13.4 Å². The molecule has 5 nitrogen and oxygen atoms in total. The standard InChI is InChI=1S/C12H18ClN3O2S/c1-15(9-10-16-7-2-3-8-16)19(17,18)11-5-4-6-14-12(11)13/h4-6H,2-3,7-10H2,1H3. The quantitative estimate of drug-likeness (QED) is 0.773. The topological polar surface area (TPSA) is 53.5 Å². The SMILES string of the molecule is CN(CCN1CCCC1)S(=O)(=O)c1cccnc1Cl. The highest BCUT2D eigenvalue weighted by atomic mass is 35.5. The molecule has 1 aromatic rings. The lowest BCUT2D eigenvalue weighted by atomic mass is 10.4. The molecule has 1 saturated heterocycles. The Bertz CT molecular complexity index is 530. The summed E-state index contributed by atoms with van der Waals surface area (Å²) in [5, 5.41) is 0.0236. The van der Waals surface area contributed by atoms with E-state index in [1.807, 2.05) is 0 Å². The second-order valence-electron chi connectivity index (χ2n) is 4.67. The van der Waals surface area contributed by atoms with Crippen molar-refractivity contribution in [2.75, 3.05) is 33.2 Å². The number of pyridine rings is 1. The van der Waals surface area contributed by atoms with Gasteiger partial charge in [0.15, 0.2) is 0 Å². The van der Waals surface area contributed by atoms with E-state index in [2.05, 4.69) is 9.88 Å². The Labute approximate surface area is 119 Å². The molecule has 0 bridgehead atoms. The lowest BCUT2D eigenvalue weighted by Crippen LogP contribution is -2.35. The van der Waals surface area contributed by atoms with E-state index < -0.39 is 10.0 Å². The van der Waals surface area contributed by atoms with E-state index in [0.29, 0.717) is 6.54 Å². The normalized spacial score (nSPS) is 17.2. The van der Waals surface area contributed by atoms with Gasteiger partial charge in [-0.1, -0.05) is 11.6 Å². The number of sulfonamides is 1. The van der Waals surface area contributed by atoms with Crippen LogP contribution in [-0.4, -0.2) is 55.8 Å². The summed E-state index contributed by atoms with van der Waals surface area (Å²) in [5.74, 6) is 0. The third-order valence-electron chi connectivity index (χ3n) is 3.34. The zero-order valence-electron chi connectivity index (χ0n) is 10.9. The van der Waals surface area contributed by atoms with E-state index in [1.165, 1.54) is 29.4 Å². The first-order valence-electron chi connectivity index (χ1n) is 6.31. The van der Waals surface area contributed by atoms with Crippen molar-refractivity contribution in [1.29, 1.82) is 0 Å². The number of halogens is 1. The first-order chi connectivity index (χ1) is 9.01. The molecule has 0 N–H and O–H groups in total. The Morgan fingerprint density at radius 1 is 1.42 bits per heavy atom. The molecule has 0 radical (unpaired) electrons. The Morgan fingerprint density at radius 3 is 2.74 bits per heavy atom. The number of rotatable bonds is 5. The van der Waals surface area contributed by atoms with Crippen LogP contribution in [0, 0.1) is 0 Å². The summed E-state index contributed by atoms with van der Waals surface area (Å²) in [6.07, 6.45) is 3.88. The van der Waals surface area contributed by atoms with E-state index in [4.69, 9.17) is 11.6 Å². The molecule has 0 unspecified atom stereocenters. The van der Waals surface area contributed by atoms with Gasteiger partial charge in [-0.3, -0.25) is 0 Å². The van der Waals surface area contributed by atoms with Crippen molar-refractivity contribution in [1.82, 2.24) is 14.2 Å². The number of hydrogen-bond acceptors (Lipinski definition) is 4. The van der Waals surface area contributed by atoms with E-state index in [0.717, 1.165) is 19.6 Å². The second-order valence-corrected chi connectivity index (χ2v) is 7.04. The maximum atomic E-state index is 12.3. The summed E-state index contributed by atoms with van der Waals surface area (Å²) in [6.45, 7) is 3.34. The number of nitrogens with zero attached hydrogens (tertiary/aromatic N) is 3. The smallest absolute Gasteiger partial charge is 0.245 e. The van der Waals surface area contributed by atoms with E-state index in [9.17, 15) is 8.42 Å². The monoisotopic (exact) mass is 303 g/mol. The predicted octanol–water partition coefficient (Wildman–Crippen LogP) is 1.45. The maximum Gasteiger partial charge on any atom is 0.245 e. The van der Waals surface area contributed by atoms with Gasteiger partial charge in [0.25, 0.3) is 0 Å². The second kappa shape index (κ2) is 6.17. The van der Waals surface area contributed by atoms with Gasteiger partial charge in [0.2, 0.25) is 10.0 Å². The highest BCUT2D eigenvalue weighted by Crippen LogP contribution is 2.21. The Hall–Kier alpha value is -0.690. The van der Waals surface area contributed by atoms with Gasteiger partial charge in [-0.05, 0) is 38.1 Å². The fourth-order valence-electron chi connectivity index (χ4n) is 2.14. The van der Waals surface area contributed by atoms with Gasteiger partial charge >= 0.3 is 0 Å². The average molecular weight is 304 g/mol. The molecule has 0 atom stereocenters. The number of hydrogen-bond donors (Lipinski definition) is 0. The number of likely N-dealkylation sites (N-methyl/N-ethyl adjacent to an activating group) is 1. The molecule has 0 aliphatic carbocycles. The van der Waals surface area contributed by atoms with Crippen LogP contribution in [-0.2, 0) is 10.0 Å². The molecule has 1 aliphatic heterocycles. The Kier molecular flexibility index (Phi) is 4.78. The lowest BCUT2D eigenvalue weighted by Gasteiger charge is -2.21. The lowest BCUT2D eigenvalue weighted by molar-refractivity contribution is 0.310. The van der Waals surface area contributed by atoms with Gasteiger partial charge in [-0.15, -0.1) is 0 Å². The van der Waals surface area contributed by atoms with Crippen molar-refractivity contribution in [3.05, 3.63) is 23.5 Å². The maximum absolute atomic E-state index is 12.3. The summed E-state index contributed by atoms with van der Waals surface area (Å²) >= 11 is 5.85. The van der Waals surface area contributed by atoms with Crippen LogP contribution in [0.5, 0.6) is 0 Å². The molecule has 1 aliphatic rings. The van der Waals surface area contributed by atoms with Crippen LogP contribution < -0.4 is 0 Å². The zero-order chi connectivity index (χ0) is 13.9. The Balaban J connectivity index is 2.04. The largest absolute Gasteiger partial charge is 0.302 e. The third-order valence-corrected chi connectivity index (χ3v) is 5.64. The summed E-state index contributed by atoms with van der Waals surface area (Å²) in [6, 6.07) is 3.06. The first-order valence-corrected chi connectivity index (χ1v) is 8.13. The minimum Gasteiger partial charge on any atom is -0.302 e. The van der Waals surface area contributed by atoms with Crippen LogP contribution in [0.3, 0.4) is 0 Å². The van der Waals surface area contributed by atoms with Gasteiger partial charge in [0.1, 0.15) is 10.0 Å². The van der Waals surface area contributed by atoms with E-state index in [1.54, 1.807) is 13.1 Å². The molecule has 0 spiro atoms. The van der Waals surface area contributed by atoms with Crippen LogP contribution in [0.25, 0.3) is 0 Å². The molecule has 1 aromatic heterocycles. The molecule has 2 rings (SSSR count). The van der Waals surface area contributed by atoms with Gasteiger partial charge < -0.3 is 4.90 Å². The molecule has 0 aromatic carbocycles. The van der Waals surface area contributed by atoms with Crippen molar-refractivity contribution in [3.63, 3.8) is 0 Å². The summed E-state index contributed by atoms with van der Waals surface area (Å²) in [7, 11) is -1.97. The molecule has 106 valence electrons. The van der Waals surface area contributed by atoms with Crippen LogP contribution in [0.2, 0.25) is 5.15 Å². The van der Waals surface area contributed by atoms with Crippen LogP contribution >= 0.6 is 11.6 Å². The highest BCUT2D eigenvalue weighted by Gasteiger charge is 2.24. The molecule has 2 heterocycles. The van der Waals surface area contributed by atoms with Gasteiger partial charge in [-0.2, -0.15) is 4.31 Å². The van der Waals surface area contributed by atoms with E-state index >= 15 is 0 Å². The molecule has 0 saturated carbocycles. The highest BCUT2D eigenvalue weighted by molar-refractivity contribution is 7.89. The molecular weight excluding hydrogens is 286 g/mol. The predicted molar refractivity (Wildman–Crippen MR) is 74.7 cm³/mol. The van der Waals surface area contributed by atoms with Crippen LogP contribution in [0.4, 0.5) is 0 Å². The molecule has 1 fully saturated rings. The van der Waals surface area contributed by atoms with Crippen LogP contribution in [0.1, 0.15) is 12.8 Å². The molecule has 0 amide bonds. The van der Waals surface area contributed by atoms with Crippen molar-refractivity contribution < 1.29 is 8.42 Å². The minimum absolute atomic E-state index is 0.0236. The summed E-state index contributed by atoms with van der Waals surface area (Å²) in [5.41, 5.74) is 0.